The van der Waals surface area contributed by atoms with Gasteiger partial charge in [-0.1, -0.05) is 25.0 Å². The van der Waals surface area contributed by atoms with Crippen molar-refractivity contribution >= 4 is 5.91 Å². The molecule has 2 saturated carbocycles. The molecule has 3 atom stereocenters. The highest BCUT2D eigenvalue weighted by Gasteiger charge is 2.54. The molecular weight excluding hydrogens is 304 g/mol. The Bertz CT molecular complexity index is 537. The number of benzene rings is 1. The maximum absolute atomic E-state index is 12.2. The zero-order valence-corrected chi connectivity index (χ0v) is 12.8. The van der Waals surface area contributed by atoms with Crippen molar-refractivity contribution in [3.63, 3.8) is 0 Å². The number of carbonyl (C=O) groups is 1. The fourth-order valence-corrected chi connectivity index (χ4v) is 3.69. The highest BCUT2D eigenvalue weighted by molar-refractivity contribution is 5.82. The van der Waals surface area contributed by atoms with Crippen molar-refractivity contribution in [2.45, 2.75) is 38.4 Å². The lowest BCUT2D eigenvalue weighted by atomic mass is 10.0. The summed E-state index contributed by atoms with van der Waals surface area (Å²) < 4.78 is 28.4. The largest absolute Gasteiger partial charge is 0.435 e. The van der Waals surface area contributed by atoms with Crippen LogP contribution in [-0.4, -0.2) is 24.2 Å². The van der Waals surface area contributed by atoms with Crippen molar-refractivity contribution < 1.29 is 23.4 Å². The first-order valence-corrected chi connectivity index (χ1v) is 8.07. The average Bonchev–Trinajstić information content (AvgIpc) is 3.27. The third kappa shape index (κ3) is 3.80. The van der Waals surface area contributed by atoms with E-state index in [2.05, 4.69) is 10.1 Å². The zero-order valence-electron chi connectivity index (χ0n) is 12.8. The van der Waals surface area contributed by atoms with Gasteiger partial charge in [0.05, 0.1) is 6.10 Å². The molecule has 0 saturated heterocycles. The number of amides is 1. The molecule has 0 heterocycles. The van der Waals surface area contributed by atoms with Crippen LogP contribution in [-0.2, 0) is 4.79 Å². The highest BCUT2D eigenvalue weighted by atomic mass is 19.3. The quantitative estimate of drug-likeness (QED) is 0.845. The van der Waals surface area contributed by atoms with Crippen LogP contribution >= 0.6 is 0 Å². The fourth-order valence-electron chi connectivity index (χ4n) is 3.69. The van der Waals surface area contributed by atoms with E-state index in [1.807, 2.05) is 0 Å². The second-order valence-corrected chi connectivity index (χ2v) is 6.35. The van der Waals surface area contributed by atoms with Crippen LogP contribution in [0.4, 0.5) is 8.78 Å². The van der Waals surface area contributed by atoms with E-state index in [0.717, 1.165) is 12.8 Å². The molecule has 4 nitrogen and oxygen atoms in total. The summed E-state index contributed by atoms with van der Waals surface area (Å²) in [5.41, 5.74) is 0.556. The minimum Gasteiger partial charge on any atom is -0.435 e. The van der Waals surface area contributed by atoms with Crippen molar-refractivity contribution in [3.05, 3.63) is 29.8 Å². The maximum atomic E-state index is 12.2. The lowest BCUT2D eigenvalue weighted by Crippen LogP contribution is -2.30. The van der Waals surface area contributed by atoms with E-state index in [-0.39, 0.29) is 24.1 Å². The normalized spacial score (nSPS) is 27.2. The molecule has 2 aliphatic carbocycles. The smallest absolute Gasteiger partial charge is 0.387 e. The van der Waals surface area contributed by atoms with E-state index >= 15 is 0 Å². The van der Waals surface area contributed by atoms with Gasteiger partial charge >= 0.3 is 6.61 Å². The SMILES string of the molecule is O=C(NCC(O)c1ccc(OC(F)F)cc1)C1C2CCCCC21. The number of rotatable bonds is 6. The minimum atomic E-state index is -2.87. The summed E-state index contributed by atoms with van der Waals surface area (Å²) in [6, 6.07) is 5.79. The number of aliphatic hydroxyl groups is 1. The molecular formula is C17H21F2NO3. The molecule has 2 aliphatic rings. The Kier molecular flexibility index (Phi) is 4.80. The van der Waals surface area contributed by atoms with Crippen molar-refractivity contribution in [3.8, 4) is 5.75 Å². The topological polar surface area (TPSA) is 58.6 Å². The Hall–Kier alpha value is -1.69. The molecule has 126 valence electrons. The third-order valence-electron chi connectivity index (χ3n) is 4.92. The van der Waals surface area contributed by atoms with Crippen LogP contribution in [0.25, 0.3) is 0 Å². The standard InChI is InChI=1S/C17H21F2NO3/c18-17(19)23-11-7-5-10(6-8-11)14(21)9-20-16(22)15-12-3-1-2-4-13(12)15/h5-8,12-15,17,21H,1-4,9H2,(H,20,22). The summed E-state index contributed by atoms with van der Waals surface area (Å²) in [7, 11) is 0. The van der Waals surface area contributed by atoms with Gasteiger partial charge in [0.15, 0.2) is 0 Å². The summed E-state index contributed by atoms with van der Waals surface area (Å²) >= 11 is 0. The first-order valence-electron chi connectivity index (χ1n) is 8.07. The van der Waals surface area contributed by atoms with Gasteiger partial charge in [0.25, 0.3) is 0 Å². The fraction of sp³-hybridized carbons (Fsp3) is 0.588. The second kappa shape index (κ2) is 6.83. The van der Waals surface area contributed by atoms with Crippen molar-refractivity contribution in [2.75, 3.05) is 6.54 Å². The van der Waals surface area contributed by atoms with Crippen LogP contribution in [0, 0.1) is 17.8 Å². The van der Waals surface area contributed by atoms with Gasteiger partial charge in [-0.3, -0.25) is 4.79 Å². The summed E-state index contributed by atoms with van der Waals surface area (Å²) in [5, 5.41) is 12.9. The monoisotopic (exact) mass is 325 g/mol. The summed E-state index contributed by atoms with van der Waals surface area (Å²) in [5.74, 6) is 1.26. The van der Waals surface area contributed by atoms with Crippen LogP contribution in [0.15, 0.2) is 24.3 Å². The predicted molar refractivity (Wildman–Crippen MR) is 80.0 cm³/mol. The average molecular weight is 325 g/mol. The van der Waals surface area contributed by atoms with Gasteiger partial charge in [-0.15, -0.1) is 0 Å². The second-order valence-electron chi connectivity index (χ2n) is 6.35. The van der Waals surface area contributed by atoms with Crippen LogP contribution in [0.5, 0.6) is 5.75 Å². The van der Waals surface area contributed by atoms with Gasteiger partial charge in [-0.25, -0.2) is 0 Å². The lowest BCUT2D eigenvalue weighted by molar-refractivity contribution is -0.123. The molecule has 0 bridgehead atoms. The number of ether oxygens (including phenoxy) is 1. The molecule has 0 aliphatic heterocycles. The van der Waals surface area contributed by atoms with Crippen LogP contribution in [0.3, 0.4) is 0 Å². The van der Waals surface area contributed by atoms with E-state index in [4.69, 9.17) is 0 Å². The Morgan fingerprint density at radius 2 is 1.83 bits per heavy atom. The summed E-state index contributed by atoms with van der Waals surface area (Å²) in [4.78, 5) is 12.2. The number of carbonyl (C=O) groups excluding carboxylic acids is 1. The van der Waals surface area contributed by atoms with E-state index in [1.54, 1.807) is 0 Å². The molecule has 6 heteroatoms. The molecule has 2 N–H and O–H groups in total. The lowest BCUT2D eigenvalue weighted by Gasteiger charge is -2.13. The van der Waals surface area contributed by atoms with Crippen molar-refractivity contribution in [2.24, 2.45) is 17.8 Å². The third-order valence-corrected chi connectivity index (χ3v) is 4.92. The molecule has 0 spiro atoms. The molecule has 3 unspecified atom stereocenters. The van der Waals surface area contributed by atoms with E-state index < -0.39 is 12.7 Å². The molecule has 1 aromatic carbocycles. The number of hydrogen-bond acceptors (Lipinski definition) is 3. The van der Waals surface area contributed by atoms with Crippen LogP contribution < -0.4 is 10.1 Å². The number of aliphatic hydroxyl groups excluding tert-OH is 1. The molecule has 2 fully saturated rings. The number of nitrogens with one attached hydrogen (secondary N) is 1. The molecule has 1 amide bonds. The molecule has 0 radical (unpaired) electrons. The van der Waals surface area contributed by atoms with E-state index in [9.17, 15) is 18.7 Å². The first kappa shape index (κ1) is 16.2. The predicted octanol–water partition coefficient (Wildman–Crippen LogP) is 2.87. The highest BCUT2D eigenvalue weighted by Crippen LogP contribution is 2.55. The van der Waals surface area contributed by atoms with Crippen molar-refractivity contribution in [1.82, 2.24) is 5.32 Å². The summed E-state index contributed by atoms with van der Waals surface area (Å²) in [6.45, 7) is -2.74. The number of fused-ring (bicyclic) bond motifs is 1. The van der Waals surface area contributed by atoms with E-state index in [1.165, 1.54) is 37.1 Å². The van der Waals surface area contributed by atoms with Gasteiger partial charge in [0, 0.05) is 12.5 Å². The summed E-state index contributed by atoms with van der Waals surface area (Å²) in [6.07, 6.45) is 3.83. The van der Waals surface area contributed by atoms with Crippen LogP contribution in [0.1, 0.15) is 37.4 Å². The van der Waals surface area contributed by atoms with Gasteiger partial charge in [0.2, 0.25) is 5.91 Å². The molecule has 23 heavy (non-hydrogen) atoms. The molecule has 0 aromatic heterocycles. The Labute approximate surface area is 133 Å². The minimum absolute atomic E-state index is 0.0265. The first-order chi connectivity index (χ1) is 11.1. The maximum Gasteiger partial charge on any atom is 0.387 e. The van der Waals surface area contributed by atoms with Crippen molar-refractivity contribution in [1.29, 1.82) is 0 Å². The van der Waals surface area contributed by atoms with Gasteiger partial charge in [-0.05, 0) is 42.4 Å². The van der Waals surface area contributed by atoms with Crippen LogP contribution in [0.2, 0.25) is 0 Å². The Morgan fingerprint density at radius 1 is 1.22 bits per heavy atom. The van der Waals surface area contributed by atoms with Gasteiger partial charge in [0.1, 0.15) is 5.75 Å². The van der Waals surface area contributed by atoms with E-state index in [0.29, 0.717) is 17.4 Å². The zero-order chi connectivity index (χ0) is 16.4. The number of alkyl halides is 2. The molecule has 1 aromatic rings. The Balaban J connectivity index is 1.47. The molecule has 3 rings (SSSR count). The number of halogens is 2. The van der Waals surface area contributed by atoms with Gasteiger partial charge in [-0.2, -0.15) is 8.78 Å². The number of hydrogen-bond donors (Lipinski definition) is 2. The Morgan fingerprint density at radius 3 is 2.39 bits per heavy atom. The van der Waals surface area contributed by atoms with Gasteiger partial charge < -0.3 is 15.2 Å².